The van der Waals surface area contributed by atoms with Crippen molar-refractivity contribution in [3.05, 3.63) is 117 Å². The number of carbonyl (C=O) groups excluding carboxylic acids is 1. The molecular formula is C34H32BrCl2N3O5S. The number of fused-ring (bicyclic) bond motifs is 1. The van der Waals surface area contributed by atoms with Crippen LogP contribution in [0.4, 0.5) is 5.69 Å². The number of rotatable bonds is 10. The van der Waals surface area contributed by atoms with E-state index in [-0.39, 0.29) is 18.8 Å². The van der Waals surface area contributed by atoms with E-state index < -0.39 is 12.0 Å². The second-order valence-corrected chi connectivity index (χ2v) is 13.3. The molecule has 5 rings (SSSR count). The van der Waals surface area contributed by atoms with Crippen molar-refractivity contribution in [1.29, 1.82) is 0 Å². The predicted molar refractivity (Wildman–Crippen MR) is 187 cm³/mol. The fourth-order valence-electron chi connectivity index (χ4n) is 5.08. The zero-order valence-electron chi connectivity index (χ0n) is 25.9. The molecule has 1 aliphatic heterocycles. The van der Waals surface area contributed by atoms with E-state index in [0.717, 1.165) is 16.8 Å². The Morgan fingerprint density at radius 3 is 2.46 bits per heavy atom. The minimum absolute atomic E-state index is 0.199. The van der Waals surface area contributed by atoms with Gasteiger partial charge in [-0.05, 0) is 90.3 Å². The highest BCUT2D eigenvalue weighted by molar-refractivity contribution is 9.10. The Labute approximate surface area is 289 Å². The lowest BCUT2D eigenvalue weighted by Gasteiger charge is -2.25. The van der Waals surface area contributed by atoms with Crippen molar-refractivity contribution in [2.24, 2.45) is 4.99 Å². The average molecular weight is 746 g/mol. The number of anilines is 1. The highest BCUT2D eigenvalue weighted by Crippen LogP contribution is 2.38. The third-order valence-electron chi connectivity index (χ3n) is 7.26. The van der Waals surface area contributed by atoms with Crippen molar-refractivity contribution < 1.29 is 19.0 Å². The first kappa shape index (κ1) is 33.8. The molecule has 0 unspecified atom stereocenters. The first-order valence-corrected chi connectivity index (χ1v) is 16.9. The van der Waals surface area contributed by atoms with Gasteiger partial charge in [-0.2, -0.15) is 0 Å². The fourth-order valence-corrected chi connectivity index (χ4v) is 7.16. The number of carbonyl (C=O) groups is 1. The topological polar surface area (TPSA) is 82.4 Å². The molecule has 0 aliphatic carbocycles. The highest BCUT2D eigenvalue weighted by atomic mass is 79.9. The zero-order chi connectivity index (χ0) is 33.1. The Balaban J connectivity index is 1.58. The molecule has 0 radical (unpaired) electrons. The summed E-state index contributed by atoms with van der Waals surface area (Å²) in [6, 6.07) is 16.0. The number of ether oxygens (including phenoxy) is 3. The Kier molecular flexibility index (Phi) is 10.6. The van der Waals surface area contributed by atoms with Crippen LogP contribution in [0.15, 0.2) is 80.1 Å². The number of esters is 1. The Hall–Kier alpha value is -3.57. The van der Waals surface area contributed by atoms with Gasteiger partial charge in [0.1, 0.15) is 6.61 Å². The molecule has 2 heterocycles. The molecule has 0 saturated carbocycles. The fraction of sp³-hybridized carbons (Fsp3) is 0.265. The lowest BCUT2D eigenvalue weighted by molar-refractivity contribution is -0.139. The quantitative estimate of drug-likeness (QED) is 0.164. The van der Waals surface area contributed by atoms with Gasteiger partial charge in [-0.1, -0.05) is 52.7 Å². The van der Waals surface area contributed by atoms with Gasteiger partial charge in [0.15, 0.2) is 16.3 Å². The molecule has 8 nitrogen and oxygen atoms in total. The molecule has 4 aromatic rings. The number of thiazole rings is 1. The molecule has 46 heavy (non-hydrogen) atoms. The van der Waals surface area contributed by atoms with E-state index in [0.29, 0.717) is 58.8 Å². The second kappa shape index (κ2) is 14.5. The summed E-state index contributed by atoms with van der Waals surface area (Å²) in [7, 11) is 3.91. The third kappa shape index (κ3) is 7.05. The van der Waals surface area contributed by atoms with Crippen LogP contribution in [-0.4, -0.2) is 37.8 Å². The lowest BCUT2D eigenvalue weighted by atomic mass is 9.95. The Morgan fingerprint density at radius 2 is 1.80 bits per heavy atom. The molecule has 0 spiro atoms. The van der Waals surface area contributed by atoms with Gasteiger partial charge < -0.3 is 19.1 Å². The van der Waals surface area contributed by atoms with Crippen molar-refractivity contribution in [3.63, 3.8) is 0 Å². The number of benzene rings is 3. The van der Waals surface area contributed by atoms with Gasteiger partial charge in [0, 0.05) is 35.4 Å². The van der Waals surface area contributed by atoms with Crippen LogP contribution in [0.25, 0.3) is 6.08 Å². The molecule has 12 heteroatoms. The van der Waals surface area contributed by atoms with E-state index in [1.807, 2.05) is 68.4 Å². The summed E-state index contributed by atoms with van der Waals surface area (Å²) >= 11 is 17.3. The molecule has 240 valence electrons. The van der Waals surface area contributed by atoms with E-state index in [4.69, 9.17) is 37.4 Å². The van der Waals surface area contributed by atoms with Gasteiger partial charge in [0.05, 0.1) is 39.5 Å². The number of aromatic nitrogens is 1. The summed E-state index contributed by atoms with van der Waals surface area (Å²) in [6.45, 7) is 6.21. The van der Waals surface area contributed by atoms with Gasteiger partial charge in [-0.15, -0.1) is 0 Å². The molecule has 1 aliphatic rings. The monoisotopic (exact) mass is 743 g/mol. The van der Waals surface area contributed by atoms with Crippen LogP contribution in [0.2, 0.25) is 10.0 Å². The number of allylic oxidation sites excluding steroid dienone is 1. The minimum atomic E-state index is -0.699. The summed E-state index contributed by atoms with van der Waals surface area (Å²) in [6.07, 6.45) is 1.78. The lowest BCUT2D eigenvalue weighted by Crippen LogP contribution is -2.39. The molecule has 0 amide bonds. The normalized spacial score (nSPS) is 14.5. The van der Waals surface area contributed by atoms with E-state index in [1.54, 1.807) is 36.6 Å². The largest absolute Gasteiger partial charge is 0.490 e. The van der Waals surface area contributed by atoms with Gasteiger partial charge in [0.25, 0.3) is 5.56 Å². The predicted octanol–water partition coefficient (Wildman–Crippen LogP) is 6.91. The maximum Gasteiger partial charge on any atom is 0.338 e. The number of halogens is 3. The summed E-state index contributed by atoms with van der Waals surface area (Å²) in [4.78, 5) is 34.5. The van der Waals surface area contributed by atoms with Crippen molar-refractivity contribution in [1.82, 2.24) is 4.57 Å². The molecule has 3 aromatic carbocycles. The maximum atomic E-state index is 14.1. The second-order valence-electron chi connectivity index (χ2n) is 10.6. The summed E-state index contributed by atoms with van der Waals surface area (Å²) < 4.78 is 20.1. The molecule has 1 atom stereocenters. The van der Waals surface area contributed by atoms with E-state index in [1.165, 1.54) is 11.3 Å². The van der Waals surface area contributed by atoms with Crippen LogP contribution in [0.5, 0.6) is 11.5 Å². The van der Waals surface area contributed by atoms with Crippen LogP contribution in [0.1, 0.15) is 43.5 Å². The molecule has 0 saturated heterocycles. The molecule has 0 fully saturated rings. The average Bonchev–Trinajstić information content (AvgIpc) is 3.30. The number of hydrogen-bond donors (Lipinski definition) is 0. The van der Waals surface area contributed by atoms with Crippen LogP contribution >= 0.6 is 50.5 Å². The van der Waals surface area contributed by atoms with Gasteiger partial charge in [-0.3, -0.25) is 9.36 Å². The number of hydrogen-bond acceptors (Lipinski definition) is 8. The summed E-state index contributed by atoms with van der Waals surface area (Å²) in [5, 5.41) is 1.04. The van der Waals surface area contributed by atoms with Crippen molar-refractivity contribution in [2.75, 3.05) is 32.2 Å². The van der Waals surface area contributed by atoms with Crippen molar-refractivity contribution in [2.45, 2.75) is 33.4 Å². The summed E-state index contributed by atoms with van der Waals surface area (Å²) in [5.74, 6) is 0.503. The van der Waals surface area contributed by atoms with E-state index >= 15 is 0 Å². The highest BCUT2D eigenvalue weighted by Gasteiger charge is 2.33. The third-order valence-corrected chi connectivity index (χ3v) is 9.42. The van der Waals surface area contributed by atoms with Crippen LogP contribution in [0, 0.1) is 0 Å². The Bertz CT molecular complexity index is 2000. The number of nitrogens with zero attached hydrogens (tertiary/aromatic N) is 3. The maximum absolute atomic E-state index is 14.1. The van der Waals surface area contributed by atoms with Crippen LogP contribution in [-0.2, 0) is 16.1 Å². The molecular weight excluding hydrogens is 713 g/mol. The first-order chi connectivity index (χ1) is 22.0. The van der Waals surface area contributed by atoms with Crippen molar-refractivity contribution >= 4 is 68.2 Å². The van der Waals surface area contributed by atoms with Crippen LogP contribution < -0.4 is 29.3 Å². The Morgan fingerprint density at radius 1 is 1.07 bits per heavy atom. The van der Waals surface area contributed by atoms with Gasteiger partial charge in [-0.25, -0.2) is 9.79 Å². The summed E-state index contributed by atoms with van der Waals surface area (Å²) in [5.41, 5.74) is 3.83. The minimum Gasteiger partial charge on any atom is -0.490 e. The van der Waals surface area contributed by atoms with E-state index in [9.17, 15) is 9.59 Å². The molecule has 1 aromatic heterocycles. The molecule has 0 bridgehead atoms. The van der Waals surface area contributed by atoms with Crippen molar-refractivity contribution in [3.8, 4) is 11.5 Å². The van der Waals surface area contributed by atoms with E-state index in [2.05, 4.69) is 20.9 Å². The first-order valence-electron chi connectivity index (χ1n) is 14.5. The SMILES string of the molecule is CCOC(=O)C1=C(C)N=c2s/c(=C\c3cc(Br)c(OCc4ccc(Cl)cc4Cl)c(OCC)c3)c(=O)n2[C@H]1c1ccc(N(C)C)cc1. The smallest absolute Gasteiger partial charge is 0.338 e. The zero-order valence-corrected chi connectivity index (χ0v) is 29.8. The molecule has 0 N–H and O–H groups in total. The standard InChI is InChI=1S/C34H32BrCl2N3O5S/c1-6-43-27-15-20(14-25(35)31(27)45-18-22-8-11-23(36)17-26(22)37)16-28-32(41)40-30(21-9-12-24(13-10-21)39(4)5)29(33(42)44-7-2)19(3)38-34(40)46-28/h8-17,30H,6-7,18H2,1-5H3/b28-16-/t30-/m0/s1. The van der Waals surface area contributed by atoms with Gasteiger partial charge in [0.2, 0.25) is 0 Å². The van der Waals surface area contributed by atoms with Crippen LogP contribution in [0.3, 0.4) is 0 Å². The van der Waals surface area contributed by atoms with Gasteiger partial charge >= 0.3 is 5.97 Å².